The second kappa shape index (κ2) is 4.89. The summed E-state index contributed by atoms with van der Waals surface area (Å²) in [5.41, 5.74) is 1.58. The van der Waals surface area contributed by atoms with Crippen molar-refractivity contribution >= 4 is 17.2 Å². The molecular formula is C10H12N4OS. The normalized spacial score (nSPS) is 10.3. The molecule has 0 spiro atoms. The number of rotatable bonds is 4. The number of carbonyl (C=O) groups excluding carboxylic acids is 1. The molecule has 0 atom stereocenters. The minimum Gasteiger partial charge on any atom is -0.352 e. The van der Waals surface area contributed by atoms with Crippen LogP contribution in [-0.2, 0) is 6.42 Å². The van der Waals surface area contributed by atoms with Gasteiger partial charge in [-0.2, -0.15) is 5.10 Å². The van der Waals surface area contributed by atoms with Crippen molar-refractivity contribution in [3.8, 4) is 0 Å². The highest BCUT2D eigenvalue weighted by Crippen LogP contribution is 2.08. The lowest BCUT2D eigenvalue weighted by Crippen LogP contribution is -2.25. The van der Waals surface area contributed by atoms with Crippen LogP contribution in [0.1, 0.15) is 21.1 Å². The van der Waals surface area contributed by atoms with Crippen molar-refractivity contribution in [3.63, 3.8) is 0 Å². The fourth-order valence-electron chi connectivity index (χ4n) is 1.28. The molecule has 0 aromatic carbocycles. The van der Waals surface area contributed by atoms with Crippen LogP contribution in [0.15, 0.2) is 17.8 Å². The smallest absolute Gasteiger partial charge is 0.254 e. The van der Waals surface area contributed by atoms with Crippen LogP contribution in [-0.4, -0.2) is 27.6 Å². The molecule has 0 bridgehead atoms. The second-order valence-electron chi connectivity index (χ2n) is 3.38. The Kier molecular flexibility index (Phi) is 3.31. The highest BCUT2D eigenvalue weighted by atomic mass is 32.1. The van der Waals surface area contributed by atoms with Crippen LogP contribution in [0.3, 0.4) is 0 Å². The Morgan fingerprint density at radius 2 is 2.50 bits per heavy atom. The first-order valence-corrected chi connectivity index (χ1v) is 5.81. The predicted molar refractivity (Wildman–Crippen MR) is 61.5 cm³/mol. The number of hydrogen-bond donors (Lipinski definition) is 2. The van der Waals surface area contributed by atoms with Crippen LogP contribution < -0.4 is 5.32 Å². The average molecular weight is 236 g/mol. The van der Waals surface area contributed by atoms with Crippen molar-refractivity contribution in [1.29, 1.82) is 0 Å². The van der Waals surface area contributed by atoms with E-state index in [4.69, 9.17) is 0 Å². The third-order valence-electron chi connectivity index (χ3n) is 2.05. The van der Waals surface area contributed by atoms with Gasteiger partial charge in [-0.05, 0) is 6.92 Å². The Hall–Kier alpha value is -1.69. The number of thiazole rings is 1. The molecule has 2 aromatic heterocycles. The summed E-state index contributed by atoms with van der Waals surface area (Å²) in [4.78, 5) is 15.8. The molecule has 0 saturated heterocycles. The summed E-state index contributed by atoms with van der Waals surface area (Å²) < 4.78 is 0. The third-order valence-corrected chi connectivity index (χ3v) is 3.08. The highest BCUT2D eigenvalue weighted by molar-refractivity contribution is 7.09. The molecule has 6 heteroatoms. The summed E-state index contributed by atoms with van der Waals surface area (Å²) in [6.45, 7) is 2.56. The van der Waals surface area contributed by atoms with Crippen molar-refractivity contribution in [1.82, 2.24) is 20.5 Å². The molecule has 84 valence electrons. The molecule has 0 radical (unpaired) electrons. The Balaban J connectivity index is 1.78. The Morgan fingerprint density at radius 1 is 1.62 bits per heavy atom. The Labute approximate surface area is 96.9 Å². The van der Waals surface area contributed by atoms with Gasteiger partial charge in [-0.15, -0.1) is 11.3 Å². The number of nitrogens with one attached hydrogen (secondary N) is 2. The van der Waals surface area contributed by atoms with Gasteiger partial charge in [0.2, 0.25) is 0 Å². The van der Waals surface area contributed by atoms with Crippen LogP contribution in [0.5, 0.6) is 0 Å². The first-order chi connectivity index (χ1) is 7.75. The third kappa shape index (κ3) is 2.66. The van der Waals surface area contributed by atoms with E-state index in [2.05, 4.69) is 20.5 Å². The molecule has 0 aliphatic carbocycles. The lowest BCUT2D eigenvalue weighted by atomic mass is 10.3. The number of H-pyrrole nitrogens is 1. The van der Waals surface area contributed by atoms with Gasteiger partial charge in [-0.3, -0.25) is 9.89 Å². The standard InChI is InChI=1S/C10H12N4OS/c1-7-6-16-9(14-7)2-3-11-10(15)8-4-12-13-5-8/h4-6H,2-3H2,1H3,(H,11,15)(H,12,13). The molecule has 0 unspecified atom stereocenters. The zero-order valence-electron chi connectivity index (χ0n) is 8.86. The van der Waals surface area contributed by atoms with Gasteiger partial charge in [-0.1, -0.05) is 0 Å². The summed E-state index contributed by atoms with van der Waals surface area (Å²) in [5, 5.41) is 12.2. The Bertz CT molecular complexity index is 463. The molecule has 0 aliphatic heterocycles. The Morgan fingerprint density at radius 3 is 3.12 bits per heavy atom. The molecule has 1 amide bonds. The van der Waals surface area contributed by atoms with E-state index in [0.717, 1.165) is 17.1 Å². The van der Waals surface area contributed by atoms with Gasteiger partial charge >= 0.3 is 0 Å². The number of amides is 1. The molecule has 2 heterocycles. The maximum Gasteiger partial charge on any atom is 0.254 e. The van der Waals surface area contributed by atoms with Crippen molar-refractivity contribution in [2.45, 2.75) is 13.3 Å². The number of aromatic nitrogens is 3. The summed E-state index contributed by atoms with van der Waals surface area (Å²) in [6.07, 6.45) is 3.84. The number of nitrogens with zero attached hydrogens (tertiary/aromatic N) is 2. The SMILES string of the molecule is Cc1csc(CCNC(=O)c2cn[nH]c2)n1. The van der Waals surface area contributed by atoms with E-state index in [1.807, 2.05) is 12.3 Å². The molecule has 2 aromatic rings. The van der Waals surface area contributed by atoms with E-state index in [1.54, 1.807) is 17.5 Å². The number of aryl methyl sites for hydroxylation is 1. The molecular weight excluding hydrogens is 224 g/mol. The number of aromatic amines is 1. The largest absolute Gasteiger partial charge is 0.352 e. The van der Waals surface area contributed by atoms with Gasteiger partial charge < -0.3 is 5.32 Å². The van der Waals surface area contributed by atoms with E-state index < -0.39 is 0 Å². The van der Waals surface area contributed by atoms with Gasteiger partial charge in [0.05, 0.1) is 16.8 Å². The van der Waals surface area contributed by atoms with E-state index >= 15 is 0 Å². The van der Waals surface area contributed by atoms with E-state index in [-0.39, 0.29) is 5.91 Å². The lowest BCUT2D eigenvalue weighted by molar-refractivity contribution is 0.0954. The van der Waals surface area contributed by atoms with Crippen molar-refractivity contribution in [3.05, 3.63) is 34.0 Å². The van der Waals surface area contributed by atoms with Crippen LogP contribution in [0.2, 0.25) is 0 Å². The molecule has 16 heavy (non-hydrogen) atoms. The molecule has 2 N–H and O–H groups in total. The van der Waals surface area contributed by atoms with Gasteiger partial charge in [-0.25, -0.2) is 4.98 Å². The van der Waals surface area contributed by atoms with Gasteiger partial charge in [0.1, 0.15) is 0 Å². The maximum atomic E-state index is 11.5. The van der Waals surface area contributed by atoms with Gasteiger partial charge in [0, 0.05) is 30.2 Å². The van der Waals surface area contributed by atoms with Crippen LogP contribution in [0.25, 0.3) is 0 Å². The van der Waals surface area contributed by atoms with Gasteiger partial charge in [0.15, 0.2) is 0 Å². The van der Waals surface area contributed by atoms with Crippen LogP contribution in [0.4, 0.5) is 0 Å². The van der Waals surface area contributed by atoms with Crippen LogP contribution >= 0.6 is 11.3 Å². The summed E-state index contributed by atoms with van der Waals surface area (Å²) in [7, 11) is 0. The molecule has 2 rings (SSSR count). The van der Waals surface area contributed by atoms with E-state index in [9.17, 15) is 4.79 Å². The summed E-state index contributed by atoms with van der Waals surface area (Å²) in [5.74, 6) is -0.109. The first kappa shape index (κ1) is 10.8. The fraction of sp³-hybridized carbons (Fsp3) is 0.300. The van der Waals surface area contributed by atoms with Gasteiger partial charge in [0.25, 0.3) is 5.91 Å². The molecule has 0 saturated carbocycles. The maximum absolute atomic E-state index is 11.5. The molecule has 0 aliphatic rings. The minimum atomic E-state index is -0.109. The zero-order valence-corrected chi connectivity index (χ0v) is 9.67. The van der Waals surface area contributed by atoms with Crippen molar-refractivity contribution in [2.24, 2.45) is 0 Å². The second-order valence-corrected chi connectivity index (χ2v) is 4.32. The lowest BCUT2D eigenvalue weighted by Gasteiger charge is -2.00. The quantitative estimate of drug-likeness (QED) is 0.836. The van der Waals surface area contributed by atoms with E-state index in [1.165, 1.54) is 6.20 Å². The first-order valence-electron chi connectivity index (χ1n) is 4.93. The predicted octanol–water partition coefficient (Wildman–Crippen LogP) is 1.15. The number of carbonyl (C=O) groups is 1. The van der Waals surface area contributed by atoms with Crippen molar-refractivity contribution < 1.29 is 4.79 Å². The monoisotopic (exact) mass is 236 g/mol. The fourth-order valence-corrected chi connectivity index (χ4v) is 2.05. The summed E-state index contributed by atoms with van der Waals surface area (Å²) >= 11 is 1.62. The topological polar surface area (TPSA) is 70.7 Å². The van der Waals surface area contributed by atoms with Crippen LogP contribution in [0, 0.1) is 6.92 Å². The van der Waals surface area contributed by atoms with Crippen molar-refractivity contribution in [2.75, 3.05) is 6.54 Å². The summed E-state index contributed by atoms with van der Waals surface area (Å²) in [6, 6.07) is 0. The average Bonchev–Trinajstić information content (AvgIpc) is 2.89. The zero-order chi connectivity index (χ0) is 11.4. The molecule has 0 fully saturated rings. The molecule has 5 nitrogen and oxygen atoms in total. The van der Waals surface area contributed by atoms with E-state index in [0.29, 0.717) is 12.1 Å². The number of hydrogen-bond acceptors (Lipinski definition) is 4. The highest BCUT2D eigenvalue weighted by Gasteiger charge is 2.05. The minimum absolute atomic E-state index is 0.109.